The van der Waals surface area contributed by atoms with Gasteiger partial charge in [0.1, 0.15) is 5.75 Å². The molecule has 28 heavy (non-hydrogen) atoms. The monoisotopic (exact) mass is 378 g/mol. The van der Waals surface area contributed by atoms with E-state index in [0.29, 0.717) is 12.6 Å². The number of terminal acetylenes is 1. The molecule has 2 aromatic carbocycles. The van der Waals surface area contributed by atoms with E-state index < -0.39 is 0 Å². The molecule has 4 nitrogen and oxygen atoms in total. The summed E-state index contributed by atoms with van der Waals surface area (Å²) >= 11 is 0. The molecule has 0 radical (unpaired) electrons. The van der Waals surface area contributed by atoms with Crippen molar-refractivity contribution in [3.63, 3.8) is 0 Å². The third-order valence-corrected chi connectivity index (χ3v) is 5.32. The van der Waals surface area contributed by atoms with Gasteiger partial charge in [0.15, 0.2) is 0 Å². The van der Waals surface area contributed by atoms with E-state index >= 15 is 0 Å². The number of benzene rings is 2. The lowest BCUT2D eigenvalue weighted by Crippen LogP contribution is -2.52. The number of nitrogens with zero attached hydrogens (tertiary/aromatic N) is 2. The van der Waals surface area contributed by atoms with Crippen molar-refractivity contribution in [2.75, 3.05) is 32.8 Å². The van der Waals surface area contributed by atoms with Crippen LogP contribution in [0.3, 0.4) is 0 Å². The van der Waals surface area contributed by atoms with Crippen molar-refractivity contribution in [2.24, 2.45) is 0 Å². The summed E-state index contributed by atoms with van der Waals surface area (Å²) in [5, 5.41) is 9.59. The van der Waals surface area contributed by atoms with Crippen molar-refractivity contribution < 1.29 is 9.84 Å². The summed E-state index contributed by atoms with van der Waals surface area (Å²) in [6, 6.07) is 16.8. The molecular weight excluding hydrogens is 348 g/mol. The van der Waals surface area contributed by atoms with Gasteiger partial charge in [0.2, 0.25) is 0 Å². The predicted molar refractivity (Wildman–Crippen MR) is 113 cm³/mol. The van der Waals surface area contributed by atoms with Crippen molar-refractivity contribution in [1.29, 1.82) is 0 Å². The molecule has 0 aromatic heterocycles. The zero-order chi connectivity index (χ0) is 19.8. The molecule has 4 heteroatoms. The highest BCUT2D eigenvalue weighted by Gasteiger charge is 2.27. The Hall–Kier alpha value is -2.32. The minimum absolute atomic E-state index is 0.207. The van der Waals surface area contributed by atoms with Gasteiger partial charge in [-0.15, -0.1) is 6.42 Å². The molecule has 0 saturated carbocycles. The highest BCUT2D eigenvalue weighted by Crippen LogP contribution is 2.24. The van der Waals surface area contributed by atoms with Gasteiger partial charge in [0.25, 0.3) is 0 Å². The molecule has 1 N–H and O–H groups in total. The number of rotatable bonds is 8. The molecule has 1 fully saturated rings. The summed E-state index contributed by atoms with van der Waals surface area (Å²) in [6.45, 7) is 7.60. The molecule has 1 aliphatic rings. The van der Waals surface area contributed by atoms with E-state index in [1.54, 1.807) is 0 Å². The van der Waals surface area contributed by atoms with Crippen molar-refractivity contribution in [2.45, 2.75) is 32.5 Å². The first-order valence-corrected chi connectivity index (χ1v) is 10.1. The van der Waals surface area contributed by atoms with Crippen LogP contribution in [-0.2, 0) is 13.1 Å². The summed E-state index contributed by atoms with van der Waals surface area (Å²) in [5.74, 6) is 3.63. The van der Waals surface area contributed by atoms with Gasteiger partial charge >= 0.3 is 0 Å². The van der Waals surface area contributed by atoms with E-state index in [0.717, 1.165) is 50.5 Å². The van der Waals surface area contributed by atoms with Gasteiger partial charge in [-0.2, -0.15) is 0 Å². The fraction of sp³-hybridized carbons (Fsp3) is 0.417. The molecule has 1 heterocycles. The fourth-order valence-electron chi connectivity index (χ4n) is 3.85. The molecule has 3 rings (SSSR count). The van der Waals surface area contributed by atoms with Crippen LogP contribution in [0, 0.1) is 12.3 Å². The first kappa shape index (κ1) is 20.4. The highest BCUT2D eigenvalue weighted by atomic mass is 16.5. The molecule has 0 aliphatic carbocycles. The Bertz CT molecular complexity index is 782. The van der Waals surface area contributed by atoms with E-state index in [1.165, 1.54) is 11.1 Å². The molecule has 1 atom stereocenters. The molecule has 1 aliphatic heterocycles. The summed E-state index contributed by atoms with van der Waals surface area (Å²) < 4.78 is 5.79. The normalized spacial score (nSPS) is 18.0. The molecule has 0 amide bonds. The van der Waals surface area contributed by atoms with Crippen LogP contribution in [0.15, 0.2) is 48.5 Å². The van der Waals surface area contributed by atoms with Crippen LogP contribution >= 0.6 is 0 Å². The lowest BCUT2D eigenvalue weighted by atomic mass is 10.1. The van der Waals surface area contributed by atoms with E-state index in [-0.39, 0.29) is 6.61 Å². The van der Waals surface area contributed by atoms with Crippen molar-refractivity contribution in [3.05, 3.63) is 65.2 Å². The van der Waals surface area contributed by atoms with E-state index in [1.807, 2.05) is 31.2 Å². The van der Waals surface area contributed by atoms with Crippen LogP contribution in [0.4, 0.5) is 0 Å². The van der Waals surface area contributed by atoms with Gasteiger partial charge in [-0.1, -0.05) is 36.3 Å². The number of para-hydroxylation sites is 1. The van der Waals surface area contributed by atoms with Gasteiger partial charge in [0, 0.05) is 56.5 Å². The molecule has 0 bridgehead atoms. The molecule has 1 unspecified atom stereocenters. The van der Waals surface area contributed by atoms with Crippen LogP contribution in [0.5, 0.6) is 5.75 Å². The Kier molecular flexibility index (Phi) is 7.50. The van der Waals surface area contributed by atoms with E-state index in [2.05, 4.69) is 40.0 Å². The quantitative estimate of drug-likeness (QED) is 0.716. The third-order valence-electron chi connectivity index (χ3n) is 5.32. The number of hydrogen-bond donors (Lipinski definition) is 1. The minimum Gasteiger partial charge on any atom is -0.494 e. The van der Waals surface area contributed by atoms with Crippen molar-refractivity contribution >= 4 is 0 Å². The first-order chi connectivity index (χ1) is 13.7. The van der Waals surface area contributed by atoms with Crippen LogP contribution in [-0.4, -0.2) is 53.8 Å². The molecular formula is C24H30N2O2. The molecule has 1 saturated heterocycles. The Labute approximate surface area is 168 Å². The average molecular weight is 379 g/mol. The second kappa shape index (κ2) is 10.3. The standard InChI is InChI=1S/C24H30N2O2/c1-3-20-9-11-21(12-10-20)17-25-14-15-26(23(19-25)13-16-27)18-22-7-5-6-8-24(22)28-4-2/h1,5-12,23,27H,4,13-19H2,2H3. The number of piperazine rings is 1. The second-order valence-electron chi connectivity index (χ2n) is 7.25. The van der Waals surface area contributed by atoms with Gasteiger partial charge in [-0.25, -0.2) is 0 Å². The molecule has 2 aromatic rings. The topological polar surface area (TPSA) is 35.9 Å². The van der Waals surface area contributed by atoms with Gasteiger partial charge < -0.3 is 9.84 Å². The largest absolute Gasteiger partial charge is 0.494 e. The van der Waals surface area contributed by atoms with Crippen molar-refractivity contribution in [1.82, 2.24) is 9.80 Å². The summed E-state index contributed by atoms with van der Waals surface area (Å²) in [7, 11) is 0. The first-order valence-electron chi connectivity index (χ1n) is 10.1. The summed E-state index contributed by atoms with van der Waals surface area (Å²) in [4.78, 5) is 4.95. The van der Waals surface area contributed by atoms with E-state index in [4.69, 9.17) is 11.2 Å². The minimum atomic E-state index is 0.207. The maximum atomic E-state index is 9.59. The Morgan fingerprint density at radius 2 is 1.89 bits per heavy atom. The number of aliphatic hydroxyl groups is 1. The maximum absolute atomic E-state index is 9.59. The Morgan fingerprint density at radius 3 is 2.61 bits per heavy atom. The predicted octanol–water partition coefficient (Wildman–Crippen LogP) is 3.14. The van der Waals surface area contributed by atoms with Gasteiger partial charge in [-0.3, -0.25) is 9.80 Å². The Morgan fingerprint density at radius 1 is 1.11 bits per heavy atom. The smallest absolute Gasteiger partial charge is 0.123 e. The lowest BCUT2D eigenvalue weighted by Gasteiger charge is -2.41. The SMILES string of the molecule is C#Cc1ccc(CN2CCN(Cc3ccccc3OCC)C(CCO)C2)cc1. The van der Waals surface area contributed by atoms with Crippen molar-refractivity contribution in [3.8, 4) is 18.1 Å². The van der Waals surface area contributed by atoms with Crippen LogP contribution in [0.1, 0.15) is 30.0 Å². The van der Waals surface area contributed by atoms with Crippen LogP contribution in [0.2, 0.25) is 0 Å². The summed E-state index contributed by atoms with van der Waals surface area (Å²) in [6.07, 6.45) is 6.23. The lowest BCUT2D eigenvalue weighted by molar-refractivity contribution is 0.0494. The number of aliphatic hydroxyl groups excluding tert-OH is 1. The van der Waals surface area contributed by atoms with Crippen LogP contribution < -0.4 is 4.74 Å². The highest BCUT2D eigenvalue weighted by molar-refractivity contribution is 5.34. The number of hydrogen-bond acceptors (Lipinski definition) is 4. The maximum Gasteiger partial charge on any atom is 0.123 e. The average Bonchev–Trinajstić information content (AvgIpc) is 2.72. The molecule has 148 valence electrons. The second-order valence-corrected chi connectivity index (χ2v) is 7.25. The van der Waals surface area contributed by atoms with Gasteiger partial charge in [0.05, 0.1) is 6.61 Å². The Balaban J connectivity index is 1.64. The summed E-state index contributed by atoms with van der Waals surface area (Å²) in [5.41, 5.74) is 3.40. The fourth-order valence-corrected chi connectivity index (χ4v) is 3.85. The van der Waals surface area contributed by atoms with Crippen LogP contribution in [0.25, 0.3) is 0 Å². The zero-order valence-electron chi connectivity index (χ0n) is 16.7. The molecule has 0 spiro atoms. The zero-order valence-corrected chi connectivity index (χ0v) is 16.7. The third kappa shape index (κ3) is 5.36. The van der Waals surface area contributed by atoms with Gasteiger partial charge in [-0.05, 0) is 37.1 Å². The van der Waals surface area contributed by atoms with E-state index in [9.17, 15) is 5.11 Å². The number of ether oxygens (including phenoxy) is 1.